The fourth-order valence-corrected chi connectivity index (χ4v) is 2.60. The molecule has 4 nitrogen and oxygen atoms in total. The Morgan fingerprint density at radius 2 is 0.930 bits per heavy atom. The number of halogens is 8. The molecule has 0 aromatic heterocycles. The van der Waals surface area contributed by atoms with Crippen molar-refractivity contribution in [2.24, 2.45) is 0 Å². The average molecular weight is 648 g/mol. The summed E-state index contributed by atoms with van der Waals surface area (Å²) >= 11 is 0. The van der Waals surface area contributed by atoms with E-state index in [-0.39, 0.29) is 34.6 Å². The van der Waals surface area contributed by atoms with Gasteiger partial charge < -0.3 is 9.47 Å². The summed E-state index contributed by atoms with van der Waals surface area (Å²) in [5, 5.41) is 0. The predicted octanol–water partition coefficient (Wildman–Crippen LogP) is 8.11. The first-order valence-electron chi connectivity index (χ1n) is 12.3. The topological polar surface area (TPSA) is 52.6 Å². The van der Waals surface area contributed by atoms with Gasteiger partial charge in [-0.05, 0) is 12.8 Å². The van der Waals surface area contributed by atoms with Crippen molar-refractivity contribution in [2.45, 2.75) is 52.4 Å². The van der Waals surface area contributed by atoms with Crippen molar-refractivity contribution < 1.29 is 75.9 Å². The van der Waals surface area contributed by atoms with Crippen molar-refractivity contribution in [2.75, 3.05) is 0 Å². The first kappa shape index (κ1) is 39.5. The maximum atomic E-state index is 13.0. The number of allylic oxidation sites excluding steroid dienone is 8. The Bertz CT molecular complexity index is 1170. The van der Waals surface area contributed by atoms with Gasteiger partial charge in [0, 0.05) is 12.8 Å². The van der Waals surface area contributed by atoms with Crippen molar-refractivity contribution in [1.29, 1.82) is 0 Å². The Morgan fingerprint density at radius 1 is 0.628 bits per heavy atom. The van der Waals surface area contributed by atoms with Crippen molar-refractivity contribution in [3.63, 3.8) is 0 Å². The maximum absolute atomic E-state index is 13.0. The molecule has 0 heterocycles. The molecule has 43 heavy (non-hydrogen) atoms. The van der Waals surface area contributed by atoms with Crippen LogP contribution in [0.25, 0.3) is 0 Å². The zero-order chi connectivity index (χ0) is 31.7. The summed E-state index contributed by atoms with van der Waals surface area (Å²) < 4.78 is 111. The van der Waals surface area contributed by atoms with Crippen LogP contribution < -0.4 is 9.47 Å². The van der Waals surface area contributed by atoms with E-state index in [1.807, 2.05) is 24.3 Å². The number of benzene rings is 2. The van der Waals surface area contributed by atoms with Crippen LogP contribution in [0.2, 0.25) is 0 Å². The Kier molecular flexibility index (Phi) is 19.5. The third-order valence-corrected chi connectivity index (χ3v) is 4.52. The van der Waals surface area contributed by atoms with E-state index in [9.17, 15) is 44.7 Å². The van der Waals surface area contributed by atoms with Crippen LogP contribution in [0.5, 0.6) is 11.5 Å². The van der Waals surface area contributed by atoms with Crippen molar-refractivity contribution in [1.82, 2.24) is 0 Å². The van der Waals surface area contributed by atoms with E-state index in [0.717, 1.165) is 12.8 Å². The number of carbonyl (C=O) groups excluding carboxylic acids is 2. The van der Waals surface area contributed by atoms with E-state index < -0.39 is 70.0 Å². The van der Waals surface area contributed by atoms with E-state index in [1.165, 1.54) is 12.1 Å². The Balaban J connectivity index is 0.000000608. The molecule has 13 heteroatoms. The normalized spacial score (nSPS) is 11.8. The van der Waals surface area contributed by atoms with Gasteiger partial charge in [0.25, 0.3) is 0 Å². The summed E-state index contributed by atoms with van der Waals surface area (Å²) in [6.07, 6.45) is 20.5. The molecule has 0 N–H and O–H groups in total. The molecule has 4 rings (SSSR count). The molecular formula is C30H24F8O4Ti. The van der Waals surface area contributed by atoms with Crippen LogP contribution in [0.1, 0.15) is 52.4 Å². The van der Waals surface area contributed by atoms with Crippen LogP contribution in [-0.4, -0.2) is 11.9 Å². The largest absolute Gasteiger partial charge is 4.00 e. The molecule has 0 bridgehead atoms. The number of hydrogen-bond donors (Lipinski definition) is 0. The molecule has 0 radical (unpaired) electrons. The van der Waals surface area contributed by atoms with Crippen LogP contribution in [0, 0.1) is 70.8 Å². The van der Waals surface area contributed by atoms with Gasteiger partial charge in [0.1, 0.15) is 0 Å². The van der Waals surface area contributed by atoms with E-state index >= 15 is 0 Å². The number of ether oxygens (including phenoxy) is 2. The number of rotatable bonds is 6. The first-order chi connectivity index (χ1) is 19.9. The number of hydrogen-bond acceptors (Lipinski definition) is 4. The second-order valence-electron chi connectivity index (χ2n) is 7.87. The molecule has 0 spiro atoms. The van der Waals surface area contributed by atoms with Gasteiger partial charge in [0.05, 0.1) is 58.0 Å². The van der Waals surface area contributed by atoms with Gasteiger partial charge in [0.2, 0.25) is 0 Å². The molecule has 2 aromatic carbocycles. The van der Waals surface area contributed by atoms with Crippen LogP contribution >= 0.6 is 0 Å². The van der Waals surface area contributed by atoms with E-state index in [1.54, 1.807) is 13.8 Å². The minimum atomic E-state index is -1.77. The third-order valence-electron chi connectivity index (χ3n) is 4.52. The van der Waals surface area contributed by atoms with E-state index in [0.29, 0.717) is 12.8 Å². The summed E-state index contributed by atoms with van der Waals surface area (Å²) in [5.41, 5.74) is 0. The van der Waals surface area contributed by atoms with Crippen LogP contribution in [0.4, 0.5) is 35.1 Å². The second-order valence-corrected chi connectivity index (χ2v) is 7.87. The monoisotopic (exact) mass is 648 g/mol. The van der Waals surface area contributed by atoms with E-state index in [4.69, 9.17) is 0 Å². The van der Waals surface area contributed by atoms with Crippen molar-refractivity contribution in [3.8, 4) is 11.5 Å². The average Bonchev–Trinajstić information content (AvgIpc) is 3.72. The zero-order valence-corrected chi connectivity index (χ0v) is 24.4. The van der Waals surface area contributed by atoms with E-state index in [2.05, 4.69) is 33.8 Å². The molecule has 2 aromatic rings. The molecule has 0 amide bonds. The Labute approximate surface area is 258 Å². The summed E-state index contributed by atoms with van der Waals surface area (Å²) in [5.74, 6) is -18.7. The van der Waals surface area contributed by atoms with Gasteiger partial charge in [0.15, 0.2) is 0 Å². The molecule has 0 saturated heterocycles. The molecule has 0 fully saturated rings. The predicted molar refractivity (Wildman–Crippen MR) is 134 cm³/mol. The molecule has 0 unspecified atom stereocenters. The molecule has 0 saturated carbocycles. The van der Waals surface area contributed by atoms with Gasteiger partial charge in [-0.1, -0.05) is 13.8 Å². The first-order valence-corrected chi connectivity index (χ1v) is 12.3. The van der Waals surface area contributed by atoms with Gasteiger partial charge in [-0.2, -0.15) is 12.2 Å². The smallest absolute Gasteiger partial charge is 0.447 e. The van der Waals surface area contributed by atoms with Gasteiger partial charge in [-0.25, -0.2) is 41.9 Å². The zero-order valence-electron chi connectivity index (χ0n) is 22.9. The molecule has 0 atom stereocenters. The van der Waals surface area contributed by atoms with Gasteiger partial charge >= 0.3 is 33.7 Å². The fourth-order valence-electron chi connectivity index (χ4n) is 2.60. The minimum Gasteiger partial charge on any atom is -0.447 e. The molecule has 2 aliphatic carbocycles. The van der Waals surface area contributed by atoms with Crippen LogP contribution in [0.3, 0.4) is 0 Å². The third kappa shape index (κ3) is 14.0. The summed E-state index contributed by atoms with van der Waals surface area (Å²) in [6, 6.07) is 2.36. The molecule has 0 aliphatic heterocycles. The second kappa shape index (κ2) is 21.2. The summed E-state index contributed by atoms with van der Waals surface area (Å²) in [6.45, 7) is 3.27. The van der Waals surface area contributed by atoms with Crippen molar-refractivity contribution in [3.05, 3.63) is 107 Å². The van der Waals surface area contributed by atoms with Crippen molar-refractivity contribution >= 4 is 11.9 Å². The summed E-state index contributed by atoms with van der Waals surface area (Å²) in [7, 11) is 0. The molecular weight excluding hydrogens is 624 g/mol. The quantitative estimate of drug-likeness (QED) is 0.0794. The SMILES string of the molecule is CCCC(=O)Oc1c(F)c(F)[c-]c(F)c1F.CCCC(=O)Oc1c(F)c(F)[c-]c(F)c1F.[C-]1=CC=CC1.[C-]1=CC=CC1.[Ti+4]. The minimum absolute atomic E-state index is 0. The molecule has 228 valence electrons. The summed E-state index contributed by atoms with van der Waals surface area (Å²) in [4.78, 5) is 21.9. The van der Waals surface area contributed by atoms with Gasteiger partial charge in [-0.3, -0.25) is 39.3 Å². The molecule has 2 aliphatic rings. The number of esters is 2. The number of carbonyl (C=O) groups is 2. The van der Waals surface area contributed by atoms with Crippen LogP contribution in [-0.2, 0) is 31.3 Å². The standard InChI is InChI=1S/2C10H7F4O2.2C5H5.Ti/c2*1-2-3-7(15)16-10-8(13)5(11)4-6(12)9(10)14;2*1-2-4-5-3-1;/h2*2-3H2,1H3;2*1-3H,4H2;/q4*-1;+4. The fraction of sp³-hybridized carbons (Fsp3) is 0.267. The Morgan fingerprint density at radius 3 is 1.12 bits per heavy atom. The Hall–Kier alpha value is -3.51. The van der Waals surface area contributed by atoms with Gasteiger partial charge in [-0.15, -0.1) is 25.0 Å². The maximum Gasteiger partial charge on any atom is 4.00 e. The van der Waals surface area contributed by atoms with Crippen LogP contribution in [0.15, 0.2) is 36.5 Å².